The van der Waals surface area contributed by atoms with E-state index in [9.17, 15) is 8.42 Å². The Kier molecular flexibility index (Phi) is 4.43. The van der Waals surface area contributed by atoms with Gasteiger partial charge in [0.15, 0.2) is 0 Å². The van der Waals surface area contributed by atoms with E-state index in [1.807, 2.05) is 19.1 Å². The van der Waals surface area contributed by atoms with Crippen LogP contribution in [0.1, 0.15) is 6.92 Å². The van der Waals surface area contributed by atoms with Crippen LogP contribution < -0.4 is 0 Å². The first-order valence-electron chi connectivity index (χ1n) is 3.63. The lowest BCUT2D eigenvalue weighted by molar-refractivity contribution is 0.626. The second-order valence-electron chi connectivity index (χ2n) is 2.74. The molecule has 0 spiro atoms. The Bertz CT molecular complexity index is 382. The minimum Gasteiger partial charge on any atom is -0.184 e. The Morgan fingerprint density at radius 1 is 1.46 bits per heavy atom. The smallest absolute Gasteiger partial charge is 0.184 e. The Morgan fingerprint density at radius 3 is 2.54 bits per heavy atom. The van der Waals surface area contributed by atoms with Crippen molar-refractivity contribution < 1.29 is 8.42 Å². The first-order valence-corrected chi connectivity index (χ1v) is 7.19. The minimum atomic E-state index is -2.09. The summed E-state index contributed by atoms with van der Waals surface area (Å²) in [7, 11) is -2.09. The van der Waals surface area contributed by atoms with Crippen molar-refractivity contribution in [3.8, 4) is 0 Å². The highest BCUT2D eigenvalue weighted by atomic mass is 127. The molecule has 1 atom stereocenters. The number of hydrogen-bond donors (Lipinski definition) is 0. The highest BCUT2D eigenvalue weighted by Gasteiger charge is 2.21. The zero-order valence-electron chi connectivity index (χ0n) is 6.87. The van der Waals surface area contributed by atoms with Crippen molar-refractivity contribution in [2.45, 2.75) is 8.86 Å². The first kappa shape index (κ1) is 11.7. The zero-order chi connectivity index (χ0) is 10.0. The fourth-order valence-electron chi connectivity index (χ4n) is 1.09. The Morgan fingerprint density at radius 2 is 2.08 bits per heavy atom. The Labute approximate surface area is 106 Å². The van der Waals surface area contributed by atoms with Gasteiger partial charge in [0.2, 0.25) is 10.3 Å². The third-order valence-electron chi connectivity index (χ3n) is 1.73. The second kappa shape index (κ2) is 4.92. The van der Waals surface area contributed by atoms with Crippen LogP contribution in [-0.2, 0) is 10.3 Å². The molecule has 0 amide bonds. The van der Waals surface area contributed by atoms with Crippen molar-refractivity contribution >= 4 is 60.3 Å². The number of halogens is 2. The molecule has 0 aliphatic heterocycles. The van der Waals surface area contributed by atoms with Gasteiger partial charge in [0.1, 0.15) is 0 Å². The van der Waals surface area contributed by atoms with Gasteiger partial charge in [-0.3, -0.25) is 0 Å². The first-order chi connectivity index (χ1) is 6.02. The molecule has 0 saturated carbocycles. The molecule has 0 bridgehead atoms. The largest absolute Gasteiger partial charge is 0.217 e. The summed E-state index contributed by atoms with van der Waals surface area (Å²) >= 11 is 4.46. The van der Waals surface area contributed by atoms with Gasteiger partial charge < -0.3 is 0 Å². The molecule has 0 N–H and O–H groups in total. The Balaban J connectivity index is 3.18. The lowest BCUT2D eigenvalue weighted by Crippen LogP contribution is -2.19. The van der Waals surface area contributed by atoms with Gasteiger partial charge in [-0.2, -0.15) is 8.42 Å². The van der Waals surface area contributed by atoms with Gasteiger partial charge in [0.05, 0.1) is 6.80 Å². The standard InChI is InChI=1S/C8H8I2O2S/c1-5-2-3-6(8(9)10)7(4-5)13(11)12/h2-4,6,8H,1H3. The number of rotatable bonds is 1. The number of alkyl halides is 2. The molecule has 2 nitrogen and oxygen atoms in total. The summed E-state index contributed by atoms with van der Waals surface area (Å²) in [5.41, 5.74) is 0.990. The fraction of sp³-hybridized carbons (Fsp3) is 0.375. The predicted octanol–water partition coefficient (Wildman–Crippen LogP) is 2.37. The summed E-state index contributed by atoms with van der Waals surface area (Å²) in [6.07, 6.45) is 5.65. The van der Waals surface area contributed by atoms with Crippen LogP contribution in [-0.4, -0.2) is 15.2 Å². The number of allylic oxidation sites excluding steroid dienone is 4. The van der Waals surface area contributed by atoms with Crippen molar-refractivity contribution in [3.63, 3.8) is 0 Å². The summed E-state index contributed by atoms with van der Waals surface area (Å²) < 4.78 is 22.1. The van der Waals surface area contributed by atoms with Crippen LogP contribution in [0.3, 0.4) is 0 Å². The molecule has 0 fully saturated rings. The van der Waals surface area contributed by atoms with Crippen molar-refractivity contribution in [1.29, 1.82) is 0 Å². The highest BCUT2D eigenvalue weighted by molar-refractivity contribution is 14.2. The van der Waals surface area contributed by atoms with Gasteiger partial charge in [-0.1, -0.05) is 62.9 Å². The van der Waals surface area contributed by atoms with Crippen LogP contribution in [0.4, 0.5) is 0 Å². The quantitative estimate of drug-likeness (QED) is 0.370. The van der Waals surface area contributed by atoms with E-state index in [0.29, 0.717) is 4.86 Å². The molecule has 1 rings (SSSR count). The monoisotopic (exact) mass is 422 g/mol. The average molecular weight is 422 g/mol. The number of hydrogen-bond acceptors (Lipinski definition) is 2. The molecular formula is C8H8I2O2S. The van der Waals surface area contributed by atoms with Crippen LogP contribution in [0.5, 0.6) is 0 Å². The average Bonchev–Trinajstić information content (AvgIpc) is 2.03. The van der Waals surface area contributed by atoms with E-state index in [4.69, 9.17) is 0 Å². The molecule has 0 aromatic rings. The lowest BCUT2D eigenvalue weighted by Gasteiger charge is -2.16. The maximum absolute atomic E-state index is 10.9. The fourth-order valence-corrected chi connectivity index (χ4v) is 3.55. The third kappa shape index (κ3) is 3.05. The molecule has 0 aromatic carbocycles. The van der Waals surface area contributed by atoms with E-state index in [0.717, 1.165) is 5.57 Å². The van der Waals surface area contributed by atoms with Gasteiger partial charge >= 0.3 is 0 Å². The molecule has 0 radical (unpaired) electrons. The molecule has 13 heavy (non-hydrogen) atoms. The van der Waals surface area contributed by atoms with Crippen molar-refractivity contribution in [3.05, 3.63) is 23.8 Å². The SMILES string of the molecule is CC1=CC(=S(=O)=O)C(C(I)I)C=C1. The van der Waals surface area contributed by atoms with Crippen LogP contribution >= 0.6 is 45.2 Å². The van der Waals surface area contributed by atoms with Gasteiger partial charge in [0.25, 0.3) is 0 Å². The Hall–Kier alpha value is 0.630. The van der Waals surface area contributed by atoms with E-state index in [2.05, 4.69) is 45.2 Å². The molecule has 1 aliphatic rings. The lowest BCUT2D eigenvalue weighted by atomic mass is 9.99. The highest BCUT2D eigenvalue weighted by Crippen LogP contribution is 2.26. The van der Waals surface area contributed by atoms with Crippen molar-refractivity contribution in [2.24, 2.45) is 5.92 Å². The molecule has 1 aliphatic carbocycles. The van der Waals surface area contributed by atoms with E-state index < -0.39 is 10.3 Å². The third-order valence-corrected chi connectivity index (χ3v) is 4.05. The predicted molar refractivity (Wildman–Crippen MR) is 72.1 cm³/mol. The normalized spacial score (nSPS) is 22.0. The molecule has 0 heterocycles. The zero-order valence-corrected chi connectivity index (χ0v) is 12.0. The molecule has 0 saturated heterocycles. The van der Waals surface area contributed by atoms with Crippen molar-refractivity contribution in [2.75, 3.05) is 0 Å². The van der Waals surface area contributed by atoms with Gasteiger partial charge in [0, 0.05) is 5.92 Å². The second-order valence-corrected chi connectivity index (χ2v) is 8.75. The summed E-state index contributed by atoms with van der Waals surface area (Å²) in [6.45, 7) is 1.90. The minimum absolute atomic E-state index is 0.0169. The van der Waals surface area contributed by atoms with Gasteiger partial charge in [-0.25, -0.2) is 0 Å². The van der Waals surface area contributed by atoms with Crippen LogP contribution in [0.25, 0.3) is 0 Å². The maximum Gasteiger partial charge on any atom is 0.217 e. The molecule has 72 valence electrons. The summed E-state index contributed by atoms with van der Waals surface area (Å²) in [5.74, 6) is 0.0169. The maximum atomic E-state index is 10.9. The molecule has 1 unspecified atom stereocenters. The molecule has 0 aromatic heterocycles. The van der Waals surface area contributed by atoms with Crippen LogP contribution in [0.15, 0.2) is 23.8 Å². The van der Waals surface area contributed by atoms with Gasteiger partial charge in [-0.15, -0.1) is 0 Å². The van der Waals surface area contributed by atoms with Gasteiger partial charge in [-0.05, 0) is 13.0 Å². The molecule has 5 heteroatoms. The van der Waals surface area contributed by atoms with E-state index >= 15 is 0 Å². The van der Waals surface area contributed by atoms with E-state index in [1.54, 1.807) is 6.08 Å². The molecular weight excluding hydrogens is 414 g/mol. The summed E-state index contributed by atoms with van der Waals surface area (Å²) in [6, 6.07) is 0. The van der Waals surface area contributed by atoms with E-state index in [1.165, 1.54) is 0 Å². The summed E-state index contributed by atoms with van der Waals surface area (Å²) in [5, 5.41) is 0. The van der Waals surface area contributed by atoms with Crippen LogP contribution in [0.2, 0.25) is 0 Å². The topological polar surface area (TPSA) is 34.1 Å². The van der Waals surface area contributed by atoms with Crippen LogP contribution in [0, 0.1) is 5.92 Å². The summed E-state index contributed by atoms with van der Waals surface area (Å²) in [4.78, 5) is 0.494. The van der Waals surface area contributed by atoms with E-state index in [-0.39, 0.29) is 7.85 Å². The van der Waals surface area contributed by atoms with Crippen molar-refractivity contribution in [1.82, 2.24) is 0 Å².